The second-order valence-corrected chi connectivity index (χ2v) is 8.78. The van der Waals surface area contributed by atoms with Crippen LogP contribution in [-0.4, -0.2) is 37.7 Å². The number of carbonyl (C=O) groups is 2. The van der Waals surface area contributed by atoms with Crippen molar-refractivity contribution in [2.24, 2.45) is 0 Å². The Morgan fingerprint density at radius 2 is 1.96 bits per heavy atom. The van der Waals surface area contributed by atoms with Crippen LogP contribution in [0.15, 0.2) is 30.3 Å². The van der Waals surface area contributed by atoms with E-state index < -0.39 is 27.7 Å². The third-order valence-corrected chi connectivity index (χ3v) is 6.80. The molecule has 26 heavy (non-hydrogen) atoms. The zero-order valence-electron chi connectivity index (χ0n) is 13.4. The highest BCUT2D eigenvalue weighted by atomic mass is 32.2. The third-order valence-electron chi connectivity index (χ3n) is 3.87. The van der Waals surface area contributed by atoms with E-state index in [-0.39, 0.29) is 34.3 Å². The normalized spacial score (nSPS) is 15.8. The zero-order valence-corrected chi connectivity index (χ0v) is 15.1. The van der Waals surface area contributed by atoms with Crippen molar-refractivity contribution < 1.29 is 27.5 Å². The summed E-state index contributed by atoms with van der Waals surface area (Å²) in [6, 6.07) is 6.86. The molecule has 0 spiro atoms. The molecule has 1 aromatic heterocycles. The number of aromatic carboxylic acids is 1. The standard InChI is InChI=1S/C16H15FN2O5S2/c17-11-8-10(2-3-12(11)19-6-1-7-26(19,23)24)9-18-15(20)13-4-5-14(25-13)16(21)22/h2-5,8H,1,6-7,9H2,(H,18,20)(H,21,22). The van der Waals surface area contributed by atoms with E-state index in [9.17, 15) is 22.4 Å². The quantitative estimate of drug-likeness (QED) is 0.802. The summed E-state index contributed by atoms with van der Waals surface area (Å²) in [5, 5.41) is 11.4. The van der Waals surface area contributed by atoms with Crippen LogP contribution < -0.4 is 9.62 Å². The number of nitrogens with one attached hydrogen (secondary N) is 1. The van der Waals surface area contributed by atoms with Crippen LogP contribution in [0.1, 0.15) is 31.3 Å². The summed E-state index contributed by atoms with van der Waals surface area (Å²) in [6.45, 7) is 0.280. The van der Waals surface area contributed by atoms with Crippen LogP contribution in [0.4, 0.5) is 10.1 Å². The van der Waals surface area contributed by atoms with Crippen molar-refractivity contribution in [3.8, 4) is 0 Å². The maximum Gasteiger partial charge on any atom is 0.345 e. The predicted molar refractivity (Wildman–Crippen MR) is 94.6 cm³/mol. The number of rotatable bonds is 5. The lowest BCUT2D eigenvalue weighted by atomic mass is 10.2. The van der Waals surface area contributed by atoms with Crippen molar-refractivity contribution in [1.82, 2.24) is 5.32 Å². The molecule has 3 rings (SSSR count). The number of hydrogen-bond donors (Lipinski definition) is 2. The molecular formula is C16H15FN2O5S2. The second kappa shape index (κ2) is 7.04. The van der Waals surface area contributed by atoms with Gasteiger partial charge in [-0.3, -0.25) is 9.10 Å². The van der Waals surface area contributed by atoms with Gasteiger partial charge >= 0.3 is 5.97 Å². The summed E-state index contributed by atoms with van der Waals surface area (Å²) >= 11 is 0.847. The molecule has 0 aliphatic carbocycles. The van der Waals surface area contributed by atoms with Crippen molar-refractivity contribution in [2.45, 2.75) is 13.0 Å². The number of halogens is 1. The molecule has 0 unspecified atom stereocenters. The van der Waals surface area contributed by atoms with Crippen molar-refractivity contribution in [3.05, 3.63) is 51.5 Å². The highest BCUT2D eigenvalue weighted by molar-refractivity contribution is 7.93. The average Bonchev–Trinajstić information content (AvgIpc) is 3.19. The molecule has 1 saturated heterocycles. The smallest absolute Gasteiger partial charge is 0.345 e. The van der Waals surface area contributed by atoms with Crippen LogP contribution in [0.5, 0.6) is 0 Å². The van der Waals surface area contributed by atoms with E-state index in [1.807, 2.05) is 0 Å². The van der Waals surface area contributed by atoms with E-state index in [2.05, 4.69) is 5.32 Å². The SMILES string of the molecule is O=C(O)c1ccc(C(=O)NCc2ccc(N3CCCS3(=O)=O)c(F)c2)s1. The van der Waals surface area contributed by atoms with E-state index in [0.717, 1.165) is 15.6 Å². The summed E-state index contributed by atoms with van der Waals surface area (Å²) in [4.78, 5) is 23.1. The summed E-state index contributed by atoms with van der Waals surface area (Å²) < 4.78 is 39.1. The van der Waals surface area contributed by atoms with E-state index in [4.69, 9.17) is 5.11 Å². The van der Waals surface area contributed by atoms with Crippen molar-refractivity contribution in [1.29, 1.82) is 0 Å². The van der Waals surface area contributed by atoms with Gasteiger partial charge < -0.3 is 10.4 Å². The number of hydrogen-bond acceptors (Lipinski definition) is 5. The van der Waals surface area contributed by atoms with Crippen LogP contribution in [0.25, 0.3) is 0 Å². The maximum absolute atomic E-state index is 14.3. The van der Waals surface area contributed by atoms with Crippen molar-refractivity contribution in [3.63, 3.8) is 0 Å². The lowest BCUT2D eigenvalue weighted by Gasteiger charge is -2.18. The minimum atomic E-state index is -3.46. The van der Waals surface area contributed by atoms with Gasteiger partial charge in [-0.1, -0.05) is 6.07 Å². The second-order valence-electron chi connectivity index (χ2n) is 5.68. The fraction of sp³-hybridized carbons (Fsp3) is 0.250. The Balaban J connectivity index is 1.68. The monoisotopic (exact) mass is 398 g/mol. The molecule has 10 heteroatoms. The number of benzene rings is 1. The fourth-order valence-electron chi connectivity index (χ4n) is 2.62. The Morgan fingerprint density at radius 3 is 2.54 bits per heavy atom. The lowest BCUT2D eigenvalue weighted by Crippen LogP contribution is -2.26. The van der Waals surface area contributed by atoms with Gasteiger partial charge in [-0.25, -0.2) is 17.6 Å². The molecule has 0 atom stereocenters. The third kappa shape index (κ3) is 3.70. The summed E-state index contributed by atoms with van der Waals surface area (Å²) in [7, 11) is -3.46. The topological polar surface area (TPSA) is 104 Å². The minimum Gasteiger partial charge on any atom is -0.477 e. The van der Waals surface area contributed by atoms with Crippen molar-refractivity contribution >= 4 is 38.9 Å². The Labute approximate surface area is 153 Å². The molecule has 1 amide bonds. The number of carboxylic acid groups (broad SMARTS) is 1. The first-order valence-electron chi connectivity index (χ1n) is 7.68. The number of sulfonamides is 1. The Morgan fingerprint density at radius 1 is 1.23 bits per heavy atom. The van der Waals surface area contributed by atoms with E-state index in [0.29, 0.717) is 12.0 Å². The minimum absolute atomic E-state index is 0.00179. The molecule has 1 aromatic carbocycles. The van der Waals surface area contributed by atoms with Gasteiger partial charge in [0.05, 0.1) is 16.3 Å². The number of anilines is 1. The fourth-order valence-corrected chi connectivity index (χ4v) is 4.95. The lowest BCUT2D eigenvalue weighted by molar-refractivity contribution is 0.0702. The van der Waals surface area contributed by atoms with E-state index >= 15 is 0 Å². The largest absolute Gasteiger partial charge is 0.477 e. The number of thiophene rings is 1. The van der Waals surface area contributed by atoms with Crippen LogP contribution in [0.3, 0.4) is 0 Å². The van der Waals surface area contributed by atoms with Gasteiger partial charge in [-0.05, 0) is 36.2 Å². The molecule has 1 aliphatic heterocycles. The molecule has 0 radical (unpaired) electrons. The maximum atomic E-state index is 14.3. The molecular weight excluding hydrogens is 383 g/mol. The molecule has 2 aromatic rings. The van der Waals surface area contributed by atoms with E-state index in [1.54, 1.807) is 6.07 Å². The zero-order chi connectivity index (χ0) is 18.9. The highest BCUT2D eigenvalue weighted by Gasteiger charge is 2.30. The summed E-state index contributed by atoms with van der Waals surface area (Å²) in [6.07, 6.45) is 0.457. The number of amides is 1. The number of carboxylic acids is 1. The molecule has 1 aliphatic rings. The van der Waals surface area contributed by atoms with Crippen LogP contribution in [0.2, 0.25) is 0 Å². The number of carbonyl (C=O) groups excluding carboxylic acids is 1. The van der Waals surface area contributed by atoms with Crippen LogP contribution in [-0.2, 0) is 16.6 Å². The molecule has 1 fully saturated rings. The summed E-state index contributed by atoms with van der Waals surface area (Å²) in [5.74, 6) is -2.24. The Bertz CT molecular complexity index is 971. The van der Waals surface area contributed by atoms with Gasteiger partial charge in [-0.2, -0.15) is 0 Å². The van der Waals surface area contributed by atoms with Crippen molar-refractivity contribution in [2.75, 3.05) is 16.6 Å². The van der Waals surface area contributed by atoms with Gasteiger partial charge in [0, 0.05) is 13.1 Å². The van der Waals surface area contributed by atoms with Gasteiger partial charge in [0.1, 0.15) is 10.7 Å². The Hall–Kier alpha value is -2.46. The van der Waals surface area contributed by atoms with Crippen LogP contribution >= 0.6 is 11.3 Å². The van der Waals surface area contributed by atoms with Gasteiger partial charge in [-0.15, -0.1) is 11.3 Å². The first kappa shape index (κ1) is 18.3. The first-order valence-corrected chi connectivity index (χ1v) is 10.1. The molecule has 0 saturated carbocycles. The van der Waals surface area contributed by atoms with Crippen LogP contribution in [0, 0.1) is 5.82 Å². The average molecular weight is 398 g/mol. The Kier molecular flexibility index (Phi) is 4.97. The first-order chi connectivity index (χ1) is 12.3. The van der Waals surface area contributed by atoms with E-state index in [1.165, 1.54) is 24.3 Å². The summed E-state index contributed by atoms with van der Waals surface area (Å²) in [5.41, 5.74) is 0.466. The predicted octanol–water partition coefficient (Wildman–Crippen LogP) is 2.06. The highest BCUT2D eigenvalue weighted by Crippen LogP contribution is 2.27. The molecule has 138 valence electrons. The van der Waals surface area contributed by atoms with Gasteiger partial charge in [0.25, 0.3) is 5.91 Å². The molecule has 7 nitrogen and oxygen atoms in total. The van der Waals surface area contributed by atoms with Gasteiger partial charge in [0.2, 0.25) is 10.0 Å². The molecule has 2 heterocycles. The number of nitrogens with zero attached hydrogens (tertiary/aromatic N) is 1. The van der Waals surface area contributed by atoms with Gasteiger partial charge in [0.15, 0.2) is 0 Å². The molecule has 2 N–H and O–H groups in total. The molecule has 0 bridgehead atoms.